The minimum atomic E-state index is -0.628. The average molecular weight is 271 g/mol. The van der Waals surface area contributed by atoms with Crippen LogP contribution in [0.4, 0.5) is 8.78 Å². The zero-order valence-electron chi connectivity index (χ0n) is 11.9. The van der Waals surface area contributed by atoms with Crippen LogP contribution in [0, 0.1) is 11.6 Å². The van der Waals surface area contributed by atoms with Crippen LogP contribution in [0.5, 0.6) is 5.75 Å². The fourth-order valence-electron chi connectivity index (χ4n) is 1.90. The third-order valence-electron chi connectivity index (χ3n) is 2.83. The van der Waals surface area contributed by atoms with Gasteiger partial charge in [0.05, 0.1) is 6.10 Å². The highest BCUT2D eigenvalue weighted by atomic mass is 19.1. The molecule has 0 aliphatic rings. The minimum absolute atomic E-state index is 0.182. The summed E-state index contributed by atoms with van der Waals surface area (Å²) in [6.07, 6.45) is 2.50. The summed E-state index contributed by atoms with van der Waals surface area (Å²) < 4.78 is 33.0. The Labute approximate surface area is 114 Å². The zero-order valence-corrected chi connectivity index (χ0v) is 11.9. The molecule has 1 N–H and O–H groups in total. The summed E-state index contributed by atoms with van der Waals surface area (Å²) >= 11 is 0. The van der Waals surface area contributed by atoms with Crippen molar-refractivity contribution in [3.63, 3.8) is 0 Å². The third kappa shape index (κ3) is 5.15. The molecule has 0 fully saturated rings. The fourth-order valence-corrected chi connectivity index (χ4v) is 1.90. The molecule has 0 amide bonds. The van der Waals surface area contributed by atoms with Gasteiger partial charge in [-0.2, -0.15) is 0 Å². The van der Waals surface area contributed by atoms with Crippen molar-refractivity contribution in [2.45, 2.75) is 52.7 Å². The first kappa shape index (κ1) is 15.9. The van der Waals surface area contributed by atoms with Crippen LogP contribution in [-0.4, -0.2) is 12.6 Å². The molecule has 0 heterocycles. The Morgan fingerprint density at radius 2 is 1.79 bits per heavy atom. The molecule has 19 heavy (non-hydrogen) atoms. The highest BCUT2D eigenvalue weighted by Crippen LogP contribution is 2.25. The number of rotatable bonds is 8. The summed E-state index contributed by atoms with van der Waals surface area (Å²) in [4.78, 5) is 0. The van der Waals surface area contributed by atoms with E-state index in [9.17, 15) is 8.78 Å². The molecule has 4 heteroatoms. The van der Waals surface area contributed by atoms with E-state index < -0.39 is 11.6 Å². The first-order valence-electron chi connectivity index (χ1n) is 6.93. The van der Waals surface area contributed by atoms with Gasteiger partial charge in [0.2, 0.25) is 0 Å². The molecule has 1 unspecified atom stereocenters. The van der Waals surface area contributed by atoms with Crippen molar-refractivity contribution in [2.75, 3.05) is 6.54 Å². The Balaban J connectivity index is 2.73. The average Bonchev–Trinajstić information content (AvgIpc) is 2.34. The molecule has 1 aromatic carbocycles. The van der Waals surface area contributed by atoms with Crippen LogP contribution in [0.2, 0.25) is 0 Å². The largest absolute Gasteiger partial charge is 0.485 e. The fraction of sp³-hybridized carbons (Fsp3) is 0.600. The van der Waals surface area contributed by atoms with E-state index >= 15 is 0 Å². The molecule has 2 nitrogen and oxygen atoms in total. The van der Waals surface area contributed by atoms with Gasteiger partial charge in [0, 0.05) is 6.54 Å². The van der Waals surface area contributed by atoms with E-state index in [0.717, 1.165) is 25.8 Å². The van der Waals surface area contributed by atoms with E-state index in [1.165, 1.54) is 12.1 Å². The molecule has 1 atom stereocenters. The van der Waals surface area contributed by atoms with Crippen LogP contribution in [0.1, 0.15) is 45.6 Å². The number of hydrogen-bond donors (Lipinski definition) is 1. The van der Waals surface area contributed by atoms with E-state index in [4.69, 9.17) is 4.74 Å². The molecule has 1 rings (SSSR count). The minimum Gasteiger partial charge on any atom is -0.485 e. The van der Waals surface area contributed by atoms with Crippen molar-refractivity contribution in [1.82, 2.24) is 5.32 Å². The van der Waals surface area contributed by atoms with Gasteiger partial charge in [-0.05, 0) is 44.0 Å². The van der Waals surface area contributed by atoms with Crippen LogP contribution in [0.15, 0.2) is 12.1 Å². The summed E-state index contributed by atoms with van der Waals surface area (Å²) in [5.74, 6) is -1.52. The molecule has 0 aliphatic carbocycles. The highest BCUT2D eigenvalue weighted by Gasteiger charge is 2.15. The second-order valence-electron chi connectivity index (χ2n) is 4.78. The Hall–Kier alpha value is -1.16. The maximum absolute atomic E-state index is 13.8. The first-order chi connectivity index (χ1) is 9.08. The lowest BCUT2D eigenvalue weighted by atomic mass is 10.2. The maximum Gasteiger partial charge on any atom is 0.191 e. The van der Waals surface area contributed by atoms with Crippen LogP contribution >= 0.6 is 0 Å². The molecule has 0 aromatic heterocycles. The molecule has 0 bridgehead atoms. The van der Waals surface area contributed by atoms with Crippen LogP contribution in [0.25, 0.3) is 0 Å². The molecular weight excluding hydrogens is 248 g/mol. The monoisotopic (exact) mass is 271 g/mol. The number of benzene rings is 1. The van der Waals surface area contributed by atoms with Crippen LogP contribution in [-0.2, 0) is 6.54 Å². The Morgan fingerprint density at radius 1 is 1.16 bits per heavy atom. The van der Waals surface area contributed by atoms with Crippen molar-refractivity contribution in [3.05, 3.63) is 29.3 Å². The quantitative estimate of drug-likeness (QED) is 0.721. The number of halogens is 2. The molecule has 0 saturated carbocycles. The van der Waals surface area contributed by atoms with Gasteiger partial charge in [0.25, 0.3) is 0 Å². The van der Waals surface area contributed by atoms with Crippen molar-refractivity contribution >= 4 is 0 Å². The van der Waals surface area contributed by atoms with E-state index in [-0.39, 0.29) is 11.9 Å². The number of hydrogen-bond acceptors (Lipinski definition) is 2. The van der Waals surface area contributed by atoms with Crippen LogP contribution < -0.4 is 10.1 Å². The Bertz CT molecular complexity index is 373. The van der Waals surface area contributed by atoms with Crippen molar-refractivity contribution in [1.29, 1.82) is 0 Å². The van der Waals surface area contributed by atoms with Crippen LogP contribution in [0.3, 0.4) is 0 Å². The maximum atomic E-state index is 13.8. The molecule has 0 saturated heterocycles. The highest BCUT2D eigenvalue weighted by molar-refractivity contribution is 5.31. The van der Waals surface area contributed by atoms with E-state index in [0.29, 0.717) is 12.1 Å². The normalized spacial score (nSPS) is 12.5. The lowest BCUT2D eigenvalue weighted by Gasteiger charge is -2.16. The number of nitrogens with one attached hydrogen (secondary N) is 1. The second kappa shape index (κ2) is 8.10. The molecule has 108 valence electrons. The lowest BCUT2D eigenvalue weighted by Crippen LogP contribution is -2.16. The second-order valence-corrected chi connectivity index (χ2v) is 4.78. The Kier molecular flexibility index (Phi) is 6.78. The predicted molar refractivity (Wildman–Crippen MR) is 73.4 cm³/mol. The predicted octanol–water partition coefficient (Wildman–Crippen LogP) is 4.03. The van der Waals surface area contributed by atoms with Crippen molar-refractivity contribution < 1.29 is 13.5 Å². The summed E-state index contributed by atoms with van der Waals surface area (Å²) in [6, 6.07) is 2.67. The standard InChI is InChI=1S/C15H23F2NO/c1-4-6-11(3)19-15-13(16)8-12(9-14(15)17)10-18-7-5-2/h8-9,11,18H,4-7,10H2,1-3H3. The lowest BCUT2D eigenvalue weighted by molar-refractivity contribution is 0.191. The smallest absolute Gasteiger partial charge is 0.191 e. The molecule has 1 aromatic rings. The van der Waals surface area contributed by atoms with Crippen molar-refractivity contribution in [3.8, 4) is 5.75 Å². The zero-order chi connectivity index (χ0) is 14.3. The van der Waals surface area contributed by atoms with E-state index in [2.05, 4.69) is 5.32 Å². The van der Waals surface area contributed by atoms with Gasteiger partial charge in [-0.1, -0.05) is 20.3 Å². The van der Waals surface area contributed by atoms with E-state index in [1.54, 1.807) is 0 Å². The van der Waals surface area contributed by atoms with Crippen molar-refractivity contribution in [2.24, 2.45) is 0 Å². The molecule has 0 aliphatic heterocycles. The molecule has 0 spiro atoms. The van der Waals surface area contributed by atoms with Gasteiger partial charge >= 0.3 is 0 Å². The number of ether oxygens (including phenoxy) is 1. The SMILES string of the molecule is CCCNCc1cc(F)c(OC(C)CCC)c(F)c1. The summed E-state index contributed by atoms with van der Waals surface area (Å²) in [5.41, 5.74) is 0.596. The van der Waals surface area contributed by atoms with Gasteiger partial charge in [-0.25, -0.2) is 8.78 Å². The third-order valence-corrected chi connectivity index (χ3v) is 2.83. The van der Waals surface area contributed by atoms with Gasteiger partial charge in [-0.3, -0.25) is 0 Å². The summed E-state index contributed by atoms with van der Waals surface area (Å²) in [6.45, 7) is 7.16. The Morgan fingerprint density at radius 3 is 2.32 bits per heavy atom. The van der Waals surface area contributed by atoms with Gasteiger partial charge in [-0.15, -0.1) is 0 Å². The van der Waals surface area contributed by atoms with E-state index in [1.807, 2.05) is 20.8 Å². The van der Waals surface area contributed by atoms with Gasteiger partial charge in [0.1, 0.15) is 0 Å². The van der Waals surface area contributed by atoms with Gasteiger partial charge < -0.3 is 10.1 Å². The first-order valence-corrected chi connectivity index (χ1v) is 6.93. The molecular formula is C15H23F2NO. The topological polar surface area (TPSA) is 21.3 Å². The molecule has 0 radical (unpaired) electrons. The summed E-state index contributed by atoms with van der Waals surface area (Å²) in [7, 11) is 0. The van der Waals surface area contributed by atoms with Gasteiger partial charge in [0.15, 0.2) is 17.4 Å². The summed E-state index contributed by atoms with van der Waals surface area (Å²) in [5, 5.41) is 3.11.